The lowest BCUT2D eigenvalue weighted by atomic mass is 9.95. The summed E-state index contributed by atoms with van der Waals surface area (Å²) in [7, 11) is 0. The van der Waals surface area contributed by atoms with Gasteiger partial charge < -0.3 is 9.64 Å². The average Bonchev–Trinajstić information content (AvgIpc) is 2.98. The number of pyridine rings is 1. The van der Waals surface area contributed by atoms with Crippen molar-refractivity contribution in [3.63, 3.8) is 0 Å². The van der Waals surface area contributed by atoms with E-state index in [9.17, 15) is 0 Å². The zero-order chi connectivity index (χ0) is 18.8. The summed E-state index contributed by atoms with van der Waals surface area (Å²) in [5, 5.41) is 1.14. The molecule has 5 nitrogen and oxygen atoms in total. The summed E-state index contributed by atoms with van der Waals surface area (Å²) in [5.74, 6) is 1.78. The molecule has 142 valence electrons. The van der Waals surface area contributed by atoms with E-state index in [2.05, 4.69) is 43.6 Å². The Balaban J connectivity index is 1.67. The molecule has 1 fully saturated rings. The van der Waals surface area contributed by atoms with Crippen molar-refractivity contribution in [2.45, 2.75) is 65.2 Å². The maximum atomic E-state index is 6.00. The van der Waals surface area contributed by atoms with E-state index in [0.29, 0.717) is 18.6 Å². The van der Waals surface area contributed by atoms with Crippen LogP contribution in [0, 0.1) is 5.92 Å². The number of nitrogens with zero attached hydrogens (tertiary/aromatic N) is 4. The standard InChI is InChI=1S/C21H26N4OS/c1-12-5-6-13(2)25(9-12)19-18-17(22-11-23-19)15-7-14-10-26-21(3,4)8-16(14)24-20(15)27-18/h7,11-13H,5-6,8-10H2,1-4H3/t12-,13-/m1/s1. The Morgan fingerprint density at radius 3 is 2.93 bits per heavy atom. The van der Waals surface area contributed by atoms with Gasteiger partial charge in [-0.3, -0.25) is 0 Å². The van der Waals surface area contributed by atoms with Crippen molar-refractivity contribution >= 4 is 37.6 Å². The van der Waals surface area contributed by atoms with E-state index in [1.807, 2.05) is 0 Å². The van der Waals surface area contributed by atoms with Gasteiger partial charge in [0, 0.05) is 30.0 Å². The third kappa shape index (κ3) is 2.90. The number of piperidine rings is 1. The lowest BCUT2D eigenvalue weighted by molar-refractivity contribution is -0.0411. The van der Waals surface area contributed by atoms with E-state index in [-0.39, 0.29) is 5.60 Å². The zero-order valence-electron chi connectivity index (χ0n) is 16.5. The molecule has 5 heterocycles. The molecule has 3 aromatic rings. The van der Waals surface area contributed by atoms with E-state index in [4.69, 9.17) is 14.7 Å². The van der Waals surface area contributed by atoms with E-state index in [1.54, 1.807) is 17.7 Å². The first-order valence-electron chi connectivity index (χ1n) is 9.88. The Labute approximate surface area is 163 Å². The number of hydrogen-bond acceptors (Lipinski definition) is 6. The van der Waals surface area contributed by atoms with Crippen LogP contribution in [0.5, 0.6) is 0 Å². The van der Waals surface area contributed by atoms with Crippen molar-refractivity contribution < 1.29 is 4.74 Å². The number of aromatic nitrogens is 3. The second-order valence-electron chi connectivity index (χ2n) is 8.83. The second kappa shape index (κ2) is 6.11. The summed E-state index contributed by atoms with van der Waals surface area (Å²) >= 11 is 1.74. The zero-order valence-corrected chi connectivity index (χ0v) is 17.3. The van der Waals surface area contributed by atoms with Crippen LogP contribution in [0.1, 0.15) is 51.8 Å². The topological polar surface area (TPSA) is 51.1 Å². The molecule has 0 aromatic carbocycles. The van der Waals surface area contributed by atoms with Crippen LogP contribution >= 0.6 is 11.3 Å². The molecule has 6 heteroatoms. The van der Waals surface area contributed by atoms with Gasteiger partial charge in [-0.15, -0.1) is 11.3 Å². The maximum Gasteiger partial charge on any atom is 0.150 e. The van der Waals surface area contributed by atoms with Gasteiger partial charge in [-0.25, -0.2) is 15.0 Å². The average molecular weight is 383 g/mol. The maximum absolute atomic E-state index is 6.00. The van der Waals surface area contributed by atoms with Crippen LogP contribution in [0.4, 0.5) is 5.82 Å². The minimum Gasteiger partial charge on any atom is -0.370 e. The van der Waals surface area contributed by atoms with E-state index in [1.165, 1.54) is 28.8 Å². The van der Waals surface area contributed by atoms with Crippen molar-refractivity contribution in [3.8, 4) is 0 Å². The minimum atomic E-state index is -0.144. The highest BCUT2D eigenvalue weighted by Crippen LogP contribution is 2.40. The fourth-order valence-corrected chi connectivity index (χ4v) is 5.50. The summed E-state index contributed by atoms with van der Waals surface area (Å²) in [6.45, 7) is 10.6. The molecule has 0 aliphatic carbocycles. The fraction of sp³-hybridized carbons (Fsp3) is 0.571. The van der Waals surface area contributed by atoms with Crippen LogP contribution in [0.15, 0.2) is 12.4 Å². The van der Waals surface area contributed by atoms with Crippen LogP contribution in [-0.4, -0.2) is 33.1 Å². The number of hydrogen-bond donors (Lipinski definition) is 0. The lowest BCUT2D eigenvalue weighted by Gasteiger charge is -2.37. The molecule has 0 bridgehead atoms. The molecule has 27 heavy (non-hydrogen) atoms. The van der Waals surface area contributed by atoms with Crippen LogP contribution in [0.25, 0.3) is 20.4 Å². The first kappa shape index (κ1) is 17.3. The molecule has 0 saturated carbocycles. The van der Waals surface area contributed by atoms with Gasteiger partial charge >= 0.3 is 0 Å². The number of thiophene rings is 1. The van der Waals surface area contributed by atoms with Crippen molar-refractivity contribution in [3.05, 3.63) is 23.7 Å². The number of fused-ring (bicyclic) bond motifs is 4. The Morgan fingerprint density at radius 1 is 1.22 bits per heavy atom. The molecule has 2 aliphatic rings. The van der Waals surface area contributed by atoms with Gasteiger partial charge in [0.15, 0.2) is 0 Å². The first-order valence-corrected chi connectivity index (χ1v) is 10.7. The van der Waals surface area contributed by atoms with Crippen molar-refractivity contribution in [2.75, 3.05) is 11.4 Å². The Morgan fingerprint density at radius 2 is 2.07 bits per heavy atom. The SMILES string of the molecule is C[C@@H]1CC[C@@H](C)N(c2ncnc3c2sc2nc4c(cc23)COC(C)(C)C4)C1. The summed E-state index contributed by atoms with van der Waals surface area (Å²) in [6.07, 6.45) is 5.08. The molecular formula is C21H26N4OS. The van der Waals surface area contributed by atoms with Gasteiger partial charge in [-0.05, 0) is 45.6 Å². The second-order valence-corrected chi connectivity index (χ2v) is 9.83. The predicted octanol–water partition coefficient (Wildman–Crippen LogP) is 4.72. The van der Waals surface area contributed by atoms with Crippen LogP contribution in [0.2, 0.25) is 0 Å². The highest BCUT2D eigenvalue weighted by molar-refractivity contribution is 7.25. The highest BCUT2D eigenvalue weighted by atomic mass is 32.1. The molecule has 0 spiro atoms. The molecule has 2 aliphatic heterocycles. The fourth-order valence-electron chi connectivity index (χ4n) is 4.36. The third-order valence-corrected chi connectivity index (χ3v) is 7.08. The third-order valence-electron chi connectivity index (χ3n) is 6.00. The van der Waals surface area contributed by atoms with Gasteiger partial charge in [-0.2, -0.15) is 0 Å². The summed E-state index contributed by atoms with van der Waals surface area (Å²) in [6, 6.07) is 2.75. The summed E-state index contributed by atoms with van der Waals surface area (Å²) in [4.78, 5) is 17.9. The lowest BCUT2D eigenvalue weighted by Crippen LogP contribution is -2.41. The Hall–Kier alpha value is -1.79. The quantitative estimate of drug-likeness (QED) is 0.610. The van der Waals surface area contributed by atoms with Gasteiger partial charge in [0.25, 0.3) is 0 Å². The van der Waals surface area contributed by atoms with E-state index < -0.39 is 0 Å². The van der Waals surface area contributed by atoms with Crippen molar-refractivity contribution in [2.24, 2.45) is 5.92 Å². The van der Waals surface area contributed by atoms with Gasteiger partial charge in [0.05, 0.1) is 28.1 Å². The number of ether oxygens (including phenoxy) is 1. The monoisotopic (exact) mass is 382 g/mol. The molecule has 5 rings (SSSR count). The van der Waals surface area contributed by atoms with E-state index >= 15 is 0 Å². The van der Waals surface area contributed by atoms with Crippen LogP contribution < -0.4 is 4.90 Å². The molecule has 0 amide bonds. The molecule has 0 unspecified atom stereocenters. The van der Waals surface area contributed by atoms with Gasteiger partial charge in [0.1, 0.15) is 17.0 Å². The Kier molecular flexibility index (Phi) is 3.92. The van der Waals surface area contributed by atoms with Crippen molar-refractivity contribution in [1.29, 1.82) is 0 Å². The van der Waals surface area contributed by atoms with Crippen LogP contribution in [-0.2, 0) is 17.8 Å². The minimum absolute atomic E-state index is 0.144. The molecule has 0 radical (unpaired) electrons. The smallest absolute Gasteiger partial charge is 0.150 e. The highest BCUT2D eigenvalue weighted by Gasteiger charge is 2.29. The molecule has 1 saturated heterocycles. The normalized spacial score (nSPS) is 25.1. The molecule has 0 N–H and O–H groups in total. The largest absolute Gasteiger partial charge is 0.370 e. The van der Waals surface area contributed by atoms with Gasteiger partial charge in [0.2, 0.25) is 0 Å². The molecular weight excluding hydrogens is 356 g/mol. The number of rotatable bonds is 1. The first-order chi connectivity index (χ1) is 12.9. The molecule has 3 aromatic heterocycles. The van der Waals surface area contributed by atoms with Crippen LogP contribution in [0.3, 0.4) is 0 Å². The van der Waals surface area contributed by atoms with Crippen molar-refractivity contribution in [1.82, 2.24) is 15.0 Å². The number of anilines is 1. The summed E-state index contributed by atoms with van der Waals surface area (Å²) < 4.78 is 7.17. The molecule has 2 atom stereocenters. The summed E-state index contributed by atoms with van der Waals surface area (Å²) in [5.41, 5.74) is 3.25. The van der Waals surface area contributed by atoms with Gasteiger partial charge in [-0.1, -0.05) is 6.92 Å². The van der Waals surface area contributed by atoms with E-state index in [0.717, 1.165) is 34.5 Å². The predicted molar refractivity (Wildman–Crippen MR) is 110 cm³/mol. The Bertz CT molecular complexity index is 1030.